The summed E-state index contributed by atoms with van der Waals surface area (Å²) < 4.78 is 7.61. The van der Waals surface area contributed by atoms with E-state index in [1.165, 1.54) is 12.8 Å². The maximum absolute atomic E-state index is 11.1. The first kappa shape index (κ1) is 14.8. The standard InChI is InChI=1S/C13H21N5O2S/c1-9-15-16-13(18(9)8-12(14)19)21-5-4-17-6-10-2-3-11(7-17)20-10/h10-11H,2-8H2,1H3,(H2,14,19). The number of fused-ring (bicyclic) bond motifs is 2. The van der Waals surface area contributed by atoms with E-state index >= 15 is 0 Å². The Labute approximate surface area is 128 Å². The van der Waals surface area contributed by atoms with Crippen molar-refractivity contribution in [2.45, 2.75) is 43.7 Å². The number of nitrogens with zero attached hydrogens (tertiary/aromatic N) is 4. The van der Waals surface area contributed by atoms with E-state index in [1.54, 1.807) is 16.3 Å². The molecule has 0 aliphatic carbocycles. The Bertz CT molecular complexity index is 509. The SMILES string of the molecule is Cc1nnc(SCCN2CC3CCC(C2)O3)n1CC(N)=O. The molecule has 0 radical (unpaired) electrons. The summed E-state index contributed by atoms with van der Waals surface area (Å²) >= 11 is 1.63. The molecule has 3 heterocycles. The van der Waals surface area contributed by atoms with Crippen LogP contribution in [0.1, 0.15) is 18.7 Å². The molecule has 0 spiro atoms. The molecule has 8 heteroatoms. The lowest BCUT2D eigenvalue weighted by Crippen LogP contribution is -2.43. The zero-order valence-corrected chi connectivity index (χ0v) is 13.0. The van der Waals surface area contributed by atoms with Crippen LogP contribution >= 0.6 is 11.8 Å². The highest BCUT2D eigenvalue weighted by atomic mass is 32.2. The van der Waals surface area contributed by atoms with E-state index in [9.17, 15) is 4.79 Å². The van der Waals surface area contributed by atoms with Gasteiger partial charge in [0.1, 0.15) is 12.4 Å². The van der Waals surface area contributed by atoms with Crippen LogP contribution in [0.5, 0.6) is 0 Å². The molecule has 2 bridgehead atoms. The smallest absolute Gasteiger partial charge is 0.237 e. The molecule has 2 aliphatic rings. The number of hydrogen-bond donors (Lipinski definition) is 1. The number of carbonyl (C=O) groups is 1. The highest BCUT2D eigenvalue weighted by molar-refractivity contribution is 7.99. The first-order chi connectivity index (χ1) is 10.1. The Kier molecular flexibility index (Phi) is 4.46. The molecule has 2 saturated heterocycles. The van der Waals surface area contributed by atoms with Gasteiger partial charge in [-0.1, -0.05) is 11.8 Å². The average Bonchev–Trinajstić information content (AvgIpc) is 2.94. The lowest BCUT2D eigenvalue weighted by Gasteiger charge is -2.31. The van der Waals surface area contributed by atoms with Crippen LogP contribution < -0.4 is 5.73 Å². The van der Waals surface area contributed by atoms with Gasteiger partial charge in [0, 0.05) is 25.4 Å². The lowest BCUT2D eigenvalue weighted by atomic mass is 10.2. The fourth-order valence-corrected chi connectivity index (χ4v) is 3.94. The Morgan fingerprint density at radius 3 is 2.76 bits per heavy atom. The summed E-state index contributed by atoms with van der Waals surface area (Å²) in [4.78, 5) is 13.5. The molecular weight excluding hydrogens is 290 g/mol. The second kappa shape index (κ2) is 6.33. The van der Waals surface area contributed by atoms with Gasteiger partial charge in [-0.3, -0.25) is 14.3 Å². The van der Waals surface area contributed by atoms with Crippen LogP contribution in [-0.2, 0) is 16.1 Å². The number of rotatable bonds is 6. The van der Waals surface area contributed by atoms with Gasteiger partial charge >= 0.3 is 0 Å². The van der Waals surface area contributed by atoms with Crippen LogP contribution in [0.25, 0.3) is 0 Å². The van der Waals surface area contributed by atoms with Crippen LogP contribution in [-0.4, -0.2) is 63.2 Å². The van der Waals surface area contributed by atoms with Gasteiger partial charge in [0.05, 0.1) is 12.2 Å². The highest BCUT2D eigenvalue weighted by Crippen LogP contribution is 2.26. The number of hydrogen-bond acceptors (Lipinski definition) is 6. The summed E-state index contributed by atoms with van der Waals surface area (Å²) in [6, 6.07) is 0. The minimum absolute atomic E-state index is 0.142. The maximum atomic E-state index is 11.1. The fourth-order valence-electron chi connectivity index (χ4n) is 2.95. The predicted molar refractivity (Wildman–Crippen MR) is 79.0 cm³/mol. The molecule has 2 fully saturated rings. The fraction of sp³-hybridized carbons (Fsp3) is 0.769. The van der Waals surface area contributed by atoms with Gasteiger partial charge in [-0.25, -0.2) is 0 Å². The van der Waals surface area contributed by atoms with Crippen LogP contribution in [0.2, 0.25) is 0 Å². The summed E-state index contributed by atoms with van der Waals surface area (Å²) in [7, 11) is 0. The lowest BCUT2D eigenvalue weighted by molar-refractivity contribution is -0.118. The number of nitrogens with two attached hydrogens (primary N) is 1. The van der Waals surface area contributed by atoms with Gasteiger partial charge in [0.2, 0.25) is 5.91 Å². The molecular formula is C13H21N5O2S. The molecule has 1 aromatic rings. The molecule has 1 aromatic heterocycles. The van der Waals surface area contributed by atoms with Crippen LogP contribution in [0.3, 0.4) is 0 Å². The summed E-state index contributed by atoms with van der Waals surface area (Å²) in [6.45, 7) is 5.04. The number of primary amides is 1. The summed E-state index contributed by atoms with van der Waals surface area (Å²) in [5, 5.41) is 8.90. The van der Waals surface area contributed by atoms with E-state index in [0.29, 0.717) is 12.2 Å². The van der Waals surface area contributed by atoms with Crippen molar-refractivity contribution < 1.29 is 9.53 Å². The van der Waals surface area contributed by atoms with Crippen molar-refractivity contribution >= 4 is 17.7 Å². The van der Waals surface area contributed by atoms with Gasteiger partial charge in [-0.15, -0.1) is 10.2 Å². The van der Waals surface area contributed by atoms with Gasteiger partial charge < -0.3 is 10.5 Å². The molecule has 0 aromatic carbocycles. The third kappa shape index (κ3) is 3.56. The second-order valence-electron chi connectivity index (χ2n) is 5.65. The Morgan fingerprint density at radius 2 is 2.10 bits per heavy atom. The number of likely N-dealkylation sites (tertiary alicyclic amines) is 1. The topological polar surface area (TPSA) is 86.3 Å². The Balaban J connectivity index is 1.50. The van der Waals surface area contributed by atoms with E-state index in [1.807, 2.05) is 6.92 Å². The Hall–Kier alpha value is -1.12. The predicted octanol–water partition coefficient (Wildman–Crippen LogP) is 0.0271. The normalized spacial score (nSPS) is 25.4. The van der Waals surface area contributed by atoms with E-state index in [0.717, 1.165) is 36.4 Å². The van der Waals surface area contributed by atoms with Crippen molar-refractivity contribution in [2.75, 3.05) is 25.4 Å². The van der Waals surface area contributed by atoms with Gasteiger partial charge in [-0.2, -0.15) is 0 Å². The highest BCUT2D eigenvalue weighted by Gasteiger charge is 2.33. The van der Waals surface area contributed by atoms with Gasteiger partial charge in [0.25, 0.3) is 0 Å². The quantitative estimate of drug-likeness (QED) is 0.746. The molecule has 2 N–H and O–H groups in total. The van der Waals surface area contributed by atoms with Crippen molar-refractivity contribution in [3.8, 4) is 0 Å². The number of thioether (sulfide) groups is 1. The van der Waals surface area contributed by atoms with E-state index < -0.39 is 0 Å². The molecule has 2 atom stereocenters. The first-order valence-corrected chi connectivity index (χ1v) is 8.29. The molecule has 116 valence electrons. The average molecular weight is 311 g/mol. The third-order valence-corrected chi connectivity index (χ3v) is 4.92. The molecule has 21 heavy (non-hydrogen) atoms. The number of aryl methyl sites for hydroxylation is 1. The van der Waals surface area contributed by atoms with Crippen molar-refractivity contribution in [2.24, 2.45) is 5.73 Å². The van der Waals surface area contributed by atoms with E-state index in [-0.39, 0.29) is 12.5 Å². The van der Waals surface area contributed by atoms with E-state index in [4.69, 9.17) is 10.5 Å². The molecule has 7 nitrogen and oxygen atoms in total. The van der Waals surface area contributed by atoms with Crippen molar-refractivity contribution in [3.63, 3.8) is 0 Å². The zero-order valence-electron chi connectivity index (χ0n) is 12.2. The largest absolute Gasteiger partial charge is 0.372 e. The zero-order chi connectivity index (χ0) is 14.8. The van der Waals surface area contributed by atoms with Crippen LogP contribution in [0.15, 0.2) is 5.16 Å². The minimum atomic E-state index is -0.371. The monoisotopic (exact) mass is 311 g/mol. The molecule has 0 saturated carbocycles. The van der Waals surface area contributed by atoms with Crippen LogP contribution in [0, 0.1) is 6.92 Å². The third-order valence-electron chi connectivity index (χ3n) is 3.97. The number of aromatic nitrogens is 3. The number of morpholine rings is 1. The number of carbonyl (C=O) groups excluding carboxylic acids is 1. The van der Waals surface area contributed by atoms with Crippen molar-refractivity contribution in [3.05, 3.63) is 5.82 Å². The molecule has 3 rings (SSSR count). The van der Waals surface area contributed by atoms with Crippen LogP contribution in [0.4, 0.5) is 0 Å². The summed E-state index contributed by atoms with van der Waals surface area (Å²) in [5.41, 5.74) is 5.26. The minimum Gasteiger partial charge on any atom is -0.372 e. The van der Waals surface area contributed by atoms with Crippen molar-refractivity contribution in [1.29, 1.82) is 0 Å². The van der Waals surface area contributed by atoms with Gasteiger partial charge in [0.15, 0.2) is 5.16 Å². The first-order valence-electron chi connectivity index (χ1n) is 7.30. The molecule has 2 aliphatic heterocycles. The summed E-state index contributed by atoms with van der Waals surface area (Å²) in [6.07, 6.45) is 3.24. The molecule has 2 unspecified atom stereocenters. The maximum Gasteiger partial charge on any atom is 0.237 e. The van der Waals surface area contributed by atoms with E-state index in [2.05, 4.69) is 15.1 Å². The van der Waals surface area contributed by atoms with Crippen molar-refractivity contribution in [1.82, 2.24) is 19.7 Å². The van der Waals surface area contributed by atoms with Gasteiger partial charge in [-0.05, 0) is 19.8 Å². The second-order valence-corrected chi connectivity index (χ2v) is 6.71. The molecule has 1 amide bonds. The summed E-state index contributed by atoms with van der Waals surface area (Å²) in [5.74, 6) is 1.28. The Morgan fingerprint density at radius 1 is 1.38 bits per heavy atom. The number of amides is 1. The number of ether oxygens (including phenoxy) is 1.